The maximum Gasteiger partial charge on any atom is 0.226 e. The van der Waals surface area contributed by atoms with E-state index in [0.717, 1.165) is 31.2 Å². The van der Waals surface area contributed by atoms with Crippen LogP contribution in [0.2, 0.25) is 0 Å². The standard InChI is InChI=1S/C23H27N3O4/c27-21-13-30-12-20(21)25-22(28)15-6-1-2-7-16(15)23(29)26-10-9-19-17(11-26)14-5-3-4-8-18(14)24-19/h3-5,8,15-16,20,24H,1-2,6-7,9-13H2,(H,25,28)/t15-,16?,20?/m1/s1. The molecule has 3 aliphatic rings. The van der Waals surface area contributed by atoms with E-state index in [0.29, 0.717) is 19.5 Å². The van der Waals surface area contributed by atoms with E-state index in [1.165, 1.54) is 16.6 Å². The maximum absolute atomic E-state index is 13.5. The molecule has 1 aromatic carbocycles. The van der Waals surface area contributed by atoms with Gasteiger partial charge in [0, 0.05) is 53.5 Å². The van der Waals surface area contributed by atoms with Gasteiger partial charge in [-0.2, -0.15) is 0 Å². The van der Waals surface area contributed by atoms with Crippen molar-refractivity contribution in [2.75, 3.05) is 19.8 Å². The first-order valence-corrected chi connectivity index (χ1v) is 10.9. The van der Waals surface area contributed by atoms with E-state index in [1.807, 2.05) is 17.0 Å². The van der Waals surface area contributed by atoms with E-state index < -0.39 is 6.04 Å². The number of fused-ring (bicyclic) bond motifs is 3. The lowest BCUT2D eigenvalue weighted by molar-refractivity contribution is -0.144. The number of hydrogen-bond acceptors (Lipinski definition) is 4. The SMILES string of the molecule is O=C1COCC1NC(=O)[C@@H]1CCCCC1C(=O)N1CCc2[nH]c3ccccc3c2C1. The van der Waals surface area contributed by atoms with Gasteiger partial charge in [0.2, 0.25) is 11.8 Å². The number of rotatable bonds is 3. The van der Waals surface area contributed by atoms with Gasteiger partial charge in [0.25, 0.3) is 0 Å². The Hall–Kier alpha value is -2.67. The molecule has 1 aromatic heterocycles. The van der Waals surface area contributed by atoms with Crippen LogP contribution in [0.15, 0.2) is 24.3 Å². The summed E-state index contributed by atoms with van der Waals surface area (Å²) in [6.45, 7) is 1.53. The first-order valence-electron chi connectivity index (χ1n) is 10.9. The van der Waals surface area contributed by atoms with Crippen LogP contribution in [0.4, 0.5) is 0 Å². The minimum Gasteiger partial charge on any atom is -0.371 e. The normalized spacial score (nSPS) is 26.6. The number of benzene rings is 1. The largest absolute Gasteiger partial charge is 0.371 e. The van der Waals surface area contributed by atoms with Crippen LogP contribution < -0.4 is 5.32 Å². The van der Waals surface area contributed by atoms with Crippen LogP contribution in [-0.4, -0.2) is 53.3 Å². The maximum atomic E-state index is 13.5. The second-order valence-electron chi connectivity index (χ2n) is 8.68. The van der Waals surface area contributed by atoms with Gasteiger partial charge in [-0.1, -0.05) is 31.0 Å². The van der Waals surface area contributed by atoms with Crippen molar-refractivity contribution in [1.82, 2.24) is 15.2 Å². The first kappa shape index (κ1) is 19.3. The molecule has 0 bridgehead atoms. The Balaban J connectivity index is 1.32. The van der Waals surface area contributed by atoms with Gasteiger partial charge >= 0.3 is 0 Å². The van der Waals surface area contributed by atoms with Gasteiger partial charge < -0.3 is 19.9 Å². The van der Waals surface area contributed by atoms with Gasteiger partial charge in [-0.3, -0.25) is 14.4 Å². The quantitative estimate of drug-likeness (QED) is 0.811. The Morgan fingerprint density at radius 2 is 1.93 bits per heavy atom. The molecule has 2 fully saturated rings. The third kappa shape index (κ3) is 3.41. The van der Waals surface area contributed by atoms with Crippen LogP contribution in [0.25, 0.3) is 10.9 Å². The molecule has 7 nitrogen and oxygen atoms in total. The zero-order valence-corrected chi connectivity index (χ0v) is 17.0. The summed E-state index contributed by atoms with van der Waals surface area (Å²) in [7, 11) is 0. The second-order valence-corrected chi connectivity index (χ2v) is 8.68. The zero-order valence-electron chi connectivity index (χ0n) is 17.0. The average molecular weight is 409 g/mol. The average Bonchev–Trinajstić information content (AvgIpc) is 3.35. The number of carbonyl (C=O) groups excluding carboxylic acids is 3. The highest BCUT2D eigenvalue weighted by atomic mass is 16.5. The minimum absolute atomic E-state index is 0.0543. The lowest BCUT2D eigenvalue weighted by Gasteiger charge is -2.36. The van der Waals surface area contributed by atoms with Gasteiger partial charge in [0.1, 0.15) is 12.6 Å². The third-order valence-corrected chi connectivity index (χ3v) is 6.85. The molecule has 1 aliphatic carbocycles. The molecule has 2 N–H and O–H groups in total. The lowest BCUT2D eigenvalue weighted by Crippen LogP contribution is -2.49. The van der Waals surface area contributed by atoms with Crippen molar-refractivity contribution in [3.8, 4) is 0 Å². The van der Waals surface area contributed by atoms with Crippen molar-refractivity contribution >= 4 is 28.5 Å². The Morgan fingerprint density at radius 1 is 1.13 bits per heavy atom. The van der Waals surface area contributed by atoms with Gasteiger partial charge in [-0.05, 0) is 18.9 Å². The zero-order chi connectivity index (χ0) is 20.7. The number of ketones is 1. The van der Waals surface area contributed by atoms with E-state index >= 15 is 0 Å². The topological polar surface area (TPSA) is 91.5 Å². The Bertz CT molecular complexity index is 997. The molecule has 7 heteroatoms. The summed E-state index contributed by atoms with van der Waals surface area (Å²) in [5, 5.41) is 4.00. The summed E-state index contributed by atoms with van der Waals surface area (Å²) in [5.41, 5.74) is 3.50. The molecular formula is C23H27N3O4. The van der Waals surface area contributed by atoms with Crippen LogP contribution in [0.1, 0.15) is 36.9 Å². The number of aromatic amines is 1. The number of nitrogens with one attached hydrogen (secondary N) is 2. The fourth-order valence-corrected chi connectivity index (χ4v) is 5.20. The number of nitrogens with zero attached hydrogens (tertiary/aromatic N) is 1. The number of H-pyrrole nitrogens is 1. The van der Waals surface area contributed by atoms with Crippen molar-refractivity contribution < 1.29 is 19.1 Å². The van der Waals surface area contributed by atoms with Crippen LogP contribution in [0.3, 0.4) is 0 Å². The number of hydrogen-bond donors (Lipinski definition) is 2. The Kier molecular flexibility index (Phi) is 5.06. The summed E-state index contributed by atoms with van der Waals surface area (Å²) in [5.74, 6) is -0.890. The summed E-state index contributed by atoms with van der Waals surface area (Å²) in [4.78, 5) is 43.7. The number of amides is 2. The number of Topliss-reactive ketones (excluding diaryl/α,β-unsaturated/α-hetero) is 1. The van der Waals surface area contributed by atoms with Gasteiger partial charge in [0.05, 0.1) is 6.61 Å². The van der Waals surface area contributed by atoms with E-state index in [1.54, 1.807) is 0 Å². The molecule has 3 heterocycles. The van der Waals surface area contributed by atoms with E-state index in [-0.39, 0.29) is 42.6 Å². The summed E-state index contributed by atoms with van der Waals surface area (Å²) < 4.78 is 5.15. The van der Waals surface area contributed by atoms with Crippen LogP contribution >= 0.6 is 0 Å². The van der Waals surface area contributed by atoms with E-state index in [4.69, 9.17) is 4.74 Å². The number of para-hydroxylation sites is 1. The fourth-order valence-electron chi connectivity index (χ4n) is 5.20. The molecule has 2 unspecified atom stereocenters. The smallest absolute Gasteiger partial charge is 0.226 e. The Labute approximate surface area is 175 Å². The third-order valence-electron chi connectivity index (χ3n) is 6.85. The van der Waals surface area contributed by atoms with Crippen molar-refractivity contribution in [2.24, 2.45) is 11.8 Å². The second kappa shape index (κ2) is 7.87. The first-order chi connectivity index (χ1) is 14.6. The highest BCUT2D eigenvalue weighted by molar-refractivity contribution is 5.94. The van der Waals surface area contributed by atoms with Gasteiger partial charge in [-0.25, -0.2) is 0 Å². The van der Waals surface area contributed by atoms with Crippen molar-refractivity contribution in [3.63, 3.8) is 0 Å². The molecule has 0 spiro atoms. The van der Waals surface area contributed by atoms with Gasteiger partial charge in [0.15, 0.2) is 5.78 Å². The molecule has 2 aromatic rings. The molecule has 158 valence electrons. The summed E-state index contributed by atoms with van der Waals surface area (Å²) >= 11 is 0. The lowest BCUT2D eigenvalue weighted by atomic mass is 9.77. The Morgan fingerprint density at radius 3 is 2.73 bits per heavy atom. The van der Waals surface area contributed by atoms with Crippen molar-refractivity contribution in [1.29, 1.82) is 0 Å². The van der Waals surface area contributed by atoms with E-state index in [9.17, 15) is 14.4 Å². The number of carbonyl (C=O) groups is 3. The van der Waals surface area contributed by atoms with Crippen LogP contribution in [-0.2, 0) is 32.1 Å². The molecule has 1 saturated heterocycles. The predicted octanol–water partition coefficient (Wildman–Crippen LogP) is 1.94. The summed E-state index contributed by atoms with van der Waals surface area (Å²) in [6, 6.07) is 7.62. The van der Waals surface area contributed by atoms with Crippen molar-refractivity contribution in [2.45, 2.75) is 44.7 Å². The van der Waals surface area contributed by atoms with E-state index in [2.05, 4.69) is 22.4 Å². The van der Waals surface area contributed by atoms with Crippen molar-refractivity contribution in [3.05, 3.63) is 35.5 Å². The van der Waals surface area contributed by atoms with Gasteiger partial charge in [-0.15, -0.1) is 0 Å². The monoisotopic (exact) mass is 409 g/mol. The molecule has 0 radical (unpaired) electrons. The molecule has 30 heavy (non-hydrogen) atoms. The molecule has 2 aliphatic heterocycles. The molecule has 2 amide bonds. The molecule has 3 atom stereocenters. The predicted molar refractivity (Wildman–Crippen MR) is 111 cm³/mol. The number of ether oxygens (including phenoxy) is 1. The number of aromatic nitrogens is 1. The van der Waals surface area contributed by atoms with Crippen LogP contribution in [0.5, 0.6) is 0 Å². The molecule has 5 rings (SSSR count). The summed E-state index contributed by atoms with van der Waals surface area (Å²) in [6.07, 6.45) is 4.11. The van der Waals surface area contributed by atoms with Crippen LogP contribution in [0, 0.1) is 11.8 Å². The fraction of sp³-hybridized carbons (Fsp3) is 0.522. The minimum atomic E-state index is -0.570. The highest BCUT2D eigenvalue weighted by Crippen LogP contribution is 2.34. The molecular weight excluding hydrogens is 382 g/mol. The molecule has 1 saturated carbocycles. The highest BCUT2D eigenvalue weighted by Gasteiger charge is 2.40.